The van der Waals surface area contributed by atoms with Gasteiger partial charge in [-0.15, -0.1) is 0 Å². The Balaban J connectivity index is 1.46. The van der Waals surface area contributed by atoms with Crippen molar-refractivity contribution in [1.82, 2.24) is 10.2 Å². The number of benzene rings is 1. The maximum atomic E-state index is 12.3. The van der Waals surface area contributed by atoms with Crippen molar-refractivity contribution in [2.24, 2.45) is 0 Å². The van der Waals surface area contributed by atoms with E-state index in [1.165, 1.54) is 5.56 Å². The number of hydrogen-bond acceptors (Lipinski definition) is 2. The molecule has 0 spiro atoms. The lowest BCUT2D eigenvalue weighted by molar-refractivity contribution is -0.132. The van der Waals surface area contributed by atoms with E-state index in [2.05, 4.69) is 17.4 Å². The molecule has 4 heteroatoms. The Labute approximate surface area is 131 Å². The van der Waals surface area contributed by atoms with E-state index in [0.717, 1.165) is 43.8 Å². The molecule has 1 amide bonds. The maximum absolute atomic E-state index is 12.3. The van der Waals surface area contributed by atoms with Crippen molar-refractivity contribution < 1.29 is 4.79 Å². The van der Waals surface area contributed by atoms with Gasteiger partial charge in [0.15, 0.2) is 0 Å². The van der Waals surface area contributed by atoms with Gasteiger partial charge in [-0.25, -0.2) is 0 Å². The van der Waals surface area contributed by atoms with E-state index >= 15 is 0 Å². The van der Waals surface area contributed by atoms with Crippen molar-refractivity contribution in [2.45, 2.75) is 50.6 Å². The van der Waals surface area contributed by atoms with Crippen molar-refractivity contribution in [3.63, 3.8) is 0 Å². The van der Waals surface area contributed by atoms with Crippen LogP contribution in [-0.2, 0) is 4.79 Å². The molecular weight excluding hydrogens is 284 g/mol. The third kappa shape index (κ3) is 3.41. The highest BCUT2D eigenvalue weighted by molar-refractivity contribution is 6.30. The molecule has 1 saturated heterocycles. The number of nitrogens with one attached hydrogen (secondary N) is 1. The summed E-state index contributed by atoms with van der Waals surface area (Å²) in [6.45, 7) is 3.86. The average molecular weight is 307 g/mol. The molecule has 1 aromatic rings. The van der Waals surface area contributed by atoms with Gasteiger partial charge >= 0.3 is 0 Å². The molecule has 1 aliphatic heterocycles. The Morgan fingerprint density at radius 1 is 1.24 bits per heavy atom. The van der Waals surface area contributed by atoms with Crippen LogP contribution in [0.2, 0.25) is 5.02 Å². The minimum absolute atomic E-state index is 0.0562. The standard InChI is InChI=1S/C17H23ClN2O/c1-12(17(21)20-8-2-3-9-20)19-16-10-14(11-16)13-4-6-15(18)7-5-13/h4-7,12,14,16,19H,2-3,8-11H2,1H3. The molecule has 1 aromatic carbocycles. The van der Waals surface area contributed by atoms with Gasteiger partial charge in [-0.05, 0) is 56.2 Å². The molecule has 0 aromatic heterocycles. The molecule has 2 aliphatic rings. The lowest BCUT2D eigenvalue weighted by Crippen LogP contribution is -2.51. The van der Waals surface area contributed by atoms with Gasteiger partial charge in [-0.2, -0.15) is 0 Å². The second kappa shape index (κ2) is 6.37. The first kappa shape index (κ1) is 14.9. The second-order valence-corrected chi connectivity index (χ2v) is 6.77. The van der Waals surface area contributed by atoms with Crippen LogP contribution in [-0.4, -0.2) is 36.0 Å². The quantitative estimate of drug-likeness (QED) is 0.926. The summed E-state index contributed by atoms with van der Waals surface area (Å²) < 4.78 is 0. The van der Waals surface area contributed by atoms with E-state index < -0.39 is 0 Å². The van der Waals surface area contributed by atoms with Crippen LogP contribution in [0.4, 0.5) is 0 Å². The lowest BCUT2D eigenvalue weighted by atomic mass is 9.75. The van der Waals surface area contributed by atoms with E-state index in [1.807, 2.05) is 24.0 Å². The summed E-state index contributed by atoms with van der Waals surface area (Å²) in [7, 11) is 0. The Kier molecular flexibility index (Phi) is 4.51. The van der Waals surface area contributed by atoms with E-state index in [1.54, 1.807) is 0 Å². The lowest BCUT2D eigenvalue weighted by Gasteiger charge is -2.38. The van der Waals surface area contributed by atoms with Crippen LogP contribution >= 0.6 is 11.6 Å². The van der Waals surface area contributed by atoms with Crippen LogP contribution in [0.5, 0.6) is 0 Å². The largest absolute Gasteiger partial charge is 0.341 e. The maximum Gasteiger partial charge on any atom is 0.239 e. The number of likely N-dealkylation sites (tertiary alicyclic amines) is 1. The second-order valence-electron chi connectivity index (χ2n) is 6.34. The highest BCUT2D eigenvalue weighted by Gasteiger charge is 2.33. The monoisotopic (exact) mass is 306 g/mol. The summed E-state index contributed by atoms with van der Waals surface area (Å²) in [5.41, 5.74) is 1.36. The number of carbonyl (C=O) groups is 1. The molecule has 1 heterocycles. The molecule has 2 fully saturated rings. The van der Waals surface area contributed by atoms with Crippen LogP contribution < -0.4 is 5.32 Å². The third-order valence-electron chi connectivity index (χ3n) is 4.75. The van der Waals surface area contributed by atoms with E-state index in [0.29, 0.717) is 12.0 Å². The highest BCUT2D eigenvalue weighted by atomic mass is 35.5. The normalized spacial score (nSPS) is 26.5. The summed E-state index contributed by atoms with van der Waals surface area (Å²) >= 11 is 5.92. The van der Waals surface area contributed by atoms with Crippen molar-refractivity contribution in [1.29, 1.82) is 0 Å². The first-order valence-corrected chi connectivity index (χ1v) is 8.31. The molecule has 21 heavy (non-hydrogen) atoms. The van der Waals surface area contributed by atoms with Gasteiger partial charge in [0.2, 0.25) is 5.91 Å². The summed E-state index contributed by atoms with van der Waals surface area (Å²) in [5, 5.41) is 4.28. The molecular formula is C17H23ClN2O. The summed E-state index contributed by atoms with van der Waals surface area (Å²) in [5.74, 6) is 0.872. The molecule has 1 aliphatic carbocycles. The first-order chi connectivity index (χ1) is 10.1. The fourth-order valence-corrected chi connectivity index (χ4v) is 3.52. The smallest absolute Gasteiger partial charge is 0.239 e. The zero-order valence-corrected chi connectivity index (χ0v) is 13.3. The van der Waals surface area contributed by atoms with Crippen molar-refractivity contribution in [3.8, 4) is 0 Å². The Hall–Kier alpha value is -1.06. The summed E-state index contributed by atoms with van der Waals surface area (Å²) in [6.07, 6.45) is 4.53. The topological polar surface area (TPSA) is 32.3 Å². The van der Waals surface area contributed by atoms with Crippen LogP contribution in [0, 0.1) is 0 Å². The van der Waals surface area contributed by atoms with Gasteiger partial charge in [-0.1, -0.05) is 23.7 Å². The van der Waals surface area contributed by atoms with Gasteiger partial charge in [0, 0.05) is 24.2 Å². The van der Waals surface area contributed by atoms with Crippen molar-refractivity contribution in [2.75, 3.05) is 13.1 Å². The van der Waals surface area contributed by atoms with E-state index in [9.17, 15) is 4.79 Å². The minimum Gasteiger partial charge on any atom is -0.341 e. The molecule has 1 saturated carbocycles. The molecule has 3 nitrogen and oxygen atoms in total. The first-order valence-electron chi connectivity index (χ1n) is 7.94. The molecule has 1 N–H and O–H groups in total. The van der Waals surface area contributed by atoms with Crippen molar-refractivity contribution >= 4 is 17.5 Å². The van der Waals surface area contributed by atoms with Crippen LogP contribution in [0.25, 0.3) is 0 Å². The Morgan fingerprint density at radius 3 is 2.48 bits per heavy atom. The van der Waals surface area contributed by atoms with Gasteiger partial charge in [-0.3, -0.25) is 4.79 Å². The van der Waals surface area contributed by atoms with Gasteiger partial charge in [0.05, 0.1) is 6.04 Å². The fourth-order valence-electron chi connectivity index (χ4n) is 3.40. The van der Waals surface area contributed by atoms with E-state index in [-0.39, 0.29) is 11.9 Å². The zero-order chi connectivity index (χ0) is 14.8. The third-order valence-corrected chi connectivity index (χ3v) is 5.01. The molecule has 1 unspecified atom stereocenters. The molecule has 3 rings (SSSR count). The van der Waals surface area contributed by atoms with Gasteiger partial charge < -0.3 is 10.2 Å². The van der Waals surface area contributed by atoms with Gasteiger partial charge in [0.25, 0.3) is 0 Å². The number of halogens is 1. The highest BCUT2D eigenvalue weighted by Crippen LogP contribution is 2.37. The van der Waals surface area contributed by atoms with Crippen LogP contribution in [0.1, 0.15) is 44.1 Å². The Morgan fingerprint density at radius 2 is 1.86 bits per heavy atom. The van der Waals surface area contributed by atoms with Crippen molar-refractivity contribution in [3.05, 3.63) is 34.9 Å². The number of hydrogen-bond donors (Lipinski definition) is 1. The number of nitrogens with zero attached hydrogens (tertiary/aromatic N) is 1. The predicted octanol–water partition coefficient (Wildman–Crippen LogP) is 3.19. The zero-order valence-electron chi connectivity index (χ0n) is 12.5. The number of amides is 1. The number of rotatable bonds is 4. The molecule has 114 valence electrons. The number of carbonyl (C=O) groups excluding carboxylic acids is 1. The SMILES string of the molecule is CC(NC1CC(c2ccc(Cl)cc2)C1)C(=O)N1CCCC1. The molecule has 1 atom stereocenters. The average Bonchev–Trinajstić information content (AvgIpc) is 2.96. The summed E-state index contributed by atoms with van der Waals surface area (Å²) in [6, 6.07) is 8.55. The van der Waals surface area contributed by atoms with E-state index in [4.69, 9.17) is 11.6 Å². The van der Waals surface area contributed by atoms with Gasteiger partial charge in [0.1, 0.15) is 0 Å². The van der Waals surface area contributed by atoms with Crippen LogP contribution in [0.15, 0.2) is 24.3 Å². The van der Waals surface area contributed by atoms with Crippen LogP contribution in [0.3, 0.4) is 0 Å². The minimum atomic E-state index is -0.0562. The fraction of sp³-hybridized carbons (Fsp3) is 0.588. The molecule has 0 radical (unpaired) electrons. The Bertz CT molecular complexity index is 490. The predicted molar refractivity (Wildman–Crippen MR) is 85.6 cm³/mol. The molecule has 0 bridgehead atoms. The summed E-state index contributed by atoms with van der Waals surface area (Å²) in [4.78, 5) is 14.3.